The van der Waals surface area contributed by atoms with Crippen LogP contribution in [0.3, 0.4) is 0 Å². The Bertz CT molecular complexity index is 343. The summed E-state index contributed by atoms with van der Waals surface area (Å²) in [4.78, 5) is 0. The Balaban J connectivity index is 1.95. The van der Waals surface area contributed by atoms with Gasteiger partial charge in [-0.05, 0) is 56.3 Å². The zero-order valence-electron chi connectivity index (χ0n) is 10.6. The maximum absolute atomic E-state index is 14.3. The van der Waals surface area contributed by atoms with Gasteiger partial charge in [0.25, 0.3) is 0 Å². The highest BCUT2D eigenvalue weighted by atomic mass is 19.1. The molecule has 1 fully saturated rings. The molecule has 94 valence electrons. The summed E-state index contributed by atoms with van der Waals surface area (Å²) >= 11 is 0. The largest absolute Gasteiger partial charge is 0.317 e. The normalized spacial score (nSPS) is 23.1. The highest BCUT2D eigenvalue weighted by molar-refractivity contribution is 5.26. The van der Waals surface area contributed by atoms with Gasteiger partial charge in [-0.3, -0.25) is 0 Å². The van der Waals surface area contributed by atoms with Crippen molar-refractivity contribution in [1.29, 1.82) is 0 Å². The summed E-state index contributed by atoms with van der Waals surface area (Å²) in [5.74, 6) is 0.240. The van der Waals surface area contributed by atoms with Crippen LogP contribution in [0.2, 0.25) is 0 Å². The zero-order chi connectivity index (χ0) is 12.1. The molecule has 1 N–H and O–H groups in total. The van der Waals surface area contributed by atoms with Gasteiger partial charge in [0.15, 0.2) is 0 Å². The molecule has 2 unspecified atom stereocenters. The van der Waals surface area contributed by atoms with Crippen LogP contribution < -0.4 is 5.32 Å². The summed E-state index contributed by atoms with van der Waals surface area (Å²) in [5.41, 5.74) is 2.37. The summed E-state index contributed by atoms with van der Waals surface area (Å²) in [6.07, 6.45) is 3.01. The second-order valence-electron chi connectivity index (χ2n) is 5.09. The Kier molecular flexibility index (Phi) is 4.55. The minimum atomic E-state index is -0.684. The van der Waals surface area contributed by atoms with Gasteiger partial charge >= 0.3 is 0 Å². The maximum atomic E-state index is 14.3. The first-order valence-corrected chi connectivity index (χ1v) is 6.66. The third-order valence-corrected chi connectivity index (χ3v) is 3.81. The van der Waals surface area contributed by atoms with Crippen LogP contribution in [0.15, 0.2) is 24.3 Å². The average molecular weight is 235 g/mol. The molecular formula is C15H22FN. The van der Waals surface area contributed by atoms with E-state index in [4.69, 9.17) is 0 Å². The first-order chi connectivity index (χ1) is 8.27. The van der Waals surface area contributed by atoms with E-state index >= 15 is 0 Å². The molecule has 2 atom stereocenters. The Labute approximate surface area is 103 Å². The van der Waals surface area contributed by atoms with Crippen molar-refractivity contribution in [3.8, 4) is 0 Å². The van der Waals surface area contributed by atoms with E-state index in [1.165, 1.54) is 5.56 Å². The fourth-order valence-electron chi connectivity index (χ4n) is 2.62. The number of hydrogen-bond acceptors (Lipinski definition) is 1. The summed E-state index contributed by atoms with van der Waals surface area (Å²) in [7, 11) is 0. The smallest absolute Gasteiger partial charge is 0.107 e. The van der Waals surface area contributed by atoms with Crippen LogP contribution in [-0.4, -0.2) is 19.3 Å². The molecular weight excluding hydrogens is 213 g/mol. The molecule has 0 bridgehead atoms. The number of benzene rings is 1. The summed E-state index contributed by atoms with van der Waals surface area (Å²) in [6.45, 7) is 4.09. The number of aryl methyl sites for hydroxylation is 1. The van der Waals surface area contributed by atoms with E-state index in [1.54, 1.807) is 0 Å². The Morgan fingerprint density at radius 3 is 2.94 bits per heavy atom. The van der Waals surface area contributed by atoms with Gasteiger partial charge in [0.1, 0.15) is 6.17 Å². The molecule has 2 heteroatoms. The van der Waals surface area contributed by atoms with Crippen LogP contribution in [0.25, 0.3) is 0 Å². The number of hydrogen-bond donors (Lipinski definition) is 1. The molecule has 1 nitrogen and oxygen atoms in total. The van der Waals surface area contributed by atoms with Crippen molar-refractivity contribution < 1.29 is 4.39 Å². The molecule has 2 rings (SSSR count). The van der Waals surface area contributed by atoms with Crippen molar-refractivity contribution in [1.82, 2.24) is 5.32 Å². The van der Waals surface area contributed by atoms with E-state index in [9.17, 15) is 4.39 Å². The molecule has 1 aromatic carbocycles. The van der Waals surface area contributed by atoms with Crippen LogP contribution in [0.4, 0.5) is 4.39 Å². The van der Waals surface area contributed by atoms with Gasteiger partial charge in [-0.1, -0.05) is 24.3 Å². The monoisotopic (exact) mass is 235 g/mol. The van der Waals surface area contributed by atoms with Gasteiger partial charge in [-0.25, -0.2) is 4.39 Å². The second kappa shape index (κ2) is 6.15. The van der Waals surface area contributed by atoms with E-state index in [2.05, 4.69) is 24.4 Å². The molecule has 0 radical (unpaired) electrons. The fourth-order valence-corrected chi connectivity index (χ4v) is 2.62. The lowest BCUT2D eigenvalue weighted by atomic mass is 9.90. The molecule has 1 aliphatic heterocycles. The van der Waals surface area contributed by atoms with E-state index in [0.717, 1.165) is 37.9 Å². The van der Waals surface area contributed by atoms with E-state index in [1.807, 2.05) is 12.1 Å². The van der Waals surface area contributed by atoms with Gasteiger partial charge in [0.05, 0.1) is 0 Å². The first kappa shape index (κ1) is 12.6. The highest BCUT2D eigenvalue weighted by Gasteiger charge is 2.22. The average Bonchev–Trinajstić information content (AvgIpc) is 2.61. The molecule has 0 aromatic heterocycles. The second-order valence-corrected chi connectivity index (χ2v) is 5.09. The molecule has 1 saturated heterocycles. The van der Waals surface area contributed by atoms with Crippen molar-refractivity contribution >= 4 is 0 Å². The van der Waals surface area contributed by atoms with Crippen LogP contribution in [0.5, 0.6) is 0 Å². The van der Waals surface area contributed by atoms with Crippen molar-refractivity contribution in [3.63, 3.8) is 0 Å². The number of rotatable bonds is 3. The number of nitrogens with one attached hydrogen (secondary N) is 1. The summed E-state index contributed by atoms with van der Waals surface area (Å²) in [6, 6.07) is 8.14. The van der Waals surface area contributed by atoms with Gasteiger partial charge in [-0.2, -0.15) is 0 Å². The van der Waals surface area contributed by atoms with E-state index in [-0.39, 0.29) is 5.92 Å². The number of alkyl halides is 1. The van der Waals surface area contributed by atoms with Crippen molar-refractivity contribution in [2.24, 2.45) is 5.92 Å². The fraction of sp³-hybridized carbons (Fsp3) is 0.600. The summed E-state index contributed by atoms with van der Waals surface area (Å²) in [5, 5.41) is 3.34. The third kappa shape index (κ3) is 3.53. The van der Waals surface area contributed by atoms with Crippen molar-refractivity contribution in [3.05, 3.63) is 35.4 Å². The SMILES string of the molecule is Cc1ccccc1CC(F)C1CCCNCC1. The van der Waals surface area contributed by atoms with Crippen LogP contribution in [0, 0.1) is 12.8 Å². The quantitative estimate of drug-likeness (QED) is 0.848. The van der Waals surface area contributed by atoms with Gasteiger partial charge in [0, 0.05) is 6.42 Å². The predicted octanol–water partition coefficient (Wildman–Crippen LogP) is 3.27. The molecule has 0 saturated carbocycles. The lowest BCUT2D eigenvalue weighted by Gasteiger charge is -2.19. The Morgan fingerprint density at radius 2 is 2.12 bits per heavy atom. The lowest BCUT2D eigenvalue weighted by molar-refractivity contribution is 0.210. The first-order valence-electron chi connectivity index (χ1n) is 6.66. The summed E-state index contributed by atoms with van der Waals surface area (Å²) < 4.78 is 14.3. The lowest BCUT2D eigenvalue weighted by Crippen LogP contribution is -2.21. The Hall–Kier alpha value is -0.890. The molecule has 1 heterocycles. The topological polar surface area (TPSA) is 12.0 Å². The highest BCUT2D eigenvalue weighted by Crippen LogP contribution is 2.24. The standard InChI is InChI=1S/C15H22FN/c1-12-5-2-3-6-14(12)11-15(16)13-7-4-9-17-10-8-13/h2-3,5-6,13,15,17H,4,7-11H2,1H3. The minimum Gasteiger partial charge on any atom is -0.317 e. The van der Waals surface area contributed by atoms with Gasteiger partial charge < -0.3 is 5.32 Å². The predicted molar refractivity (Wildman–Crippen MR) is 70.0 cm³/mol. The third-order valence-electron chi connectivity index (χ3n) is 3.81. The number of halogens is 1. The van der Waals surface area contributed by atoms with E-state index < -0.39 is 6.17 Å². The molecule has 1 aromatic rings. The van der Waals surface area contributed by atoms with Crippen LogP contribution >= 0.6 is 0 Å². The molecule has 0 amide bonds. The molecule has 0 aliphatic carbocycles. The minimum absolute atomic E-state index is 0.240. The maximum Gasteiger partial charge on any atom is 0.107 e. The molecule has 0 spiro atoms. The van der Waals surface area contributed by atoms with Crippen LogP contribution in [-0.2, 0) is 6.42 Å². The van der Waals surface area contributed by atoms with E-state index in [0.29, 0.717) is 6.42 Å². The molecule has 1 aliphatic rings. The van der Waals surface area contributed by atoms with Crippen molar-refractivity contribution in [2.75, 3.05) is 13.1 Å². The zero-order valence-corrected chi connectivity index (χ0v) is 10.6. The Morgan fingerprint density at radius 1 is 1.29 bits per heavy atom. The van der Waals surface area contributed by atoms with Crippen molar-refractivity contribution in [2.45, 2.75) is 38.8 Å². The van der Waals surface area contributed by atoms with Gasteiger partial charge in [0.2, 0.25) is 0 Å². The van der Waals surface area contributed by atoms with Gasteiger partial charge in [-0.15, -0.1) is 0 Å². The molecule has 17 heavy (non-hydrogen) atoms. The van der Waals surface area contributed by atoms with Crippen LogP contribution in [0.1, 0.15) is 30.4 Å².